The topological polar surface area (TPSA) is 12.4 Å². The minimum atomic E-state index is 0.539. The fraction of sp³-hybridized carbons (Fsp3) is 0.300. The van der Waals surface area contributed by atoms with Crippen LogP contribution in [0.3, 0.4) is 0 Å². The summed E-state index contributed by atoms with van der Waals surface area (Å²) < 4.78 is 0. The number of nitrogens with zero attached hydrogens (tertiary/aromatic N) is 1. The van der Waals surface area contributed by atoms with Crippen molar-refractivity contribution in [3.05, 3.63) is 35.6 Å². The third-order valence-electron chi connectivity index (χ3n) is 1.96. The monoisotopic (exact) mass is 145 g/mol. The molecule has 1 aliphatic heterocycles. The van der Waals surface area contributed by atoms with Crippen LogP contribution in [0.5, 0.6) is 0 Å². The Bertz CT molecular complexity index is 303. The minimum Gasteiger partial charge on any atom is -0.253 e. The van der Waals surface area contributed by atoms with E-state index in [0.717, 1.165) is 11.4 Å². The van der Waals surface area contributed by atoms with Gasteiger partial charge in [0.2, 0.25) is 0 Å². The summed E-state index contributed by atoms with van der Waals surface area (Å²) in [6.45, 7) is 4.20. The molecule has 0 aromatic heterocycles. The van der Waals surface area contributed by atoms with Gasteiger partial charge in [0.1, 0.15) is 0 Å². The molecule has 1 heteroatoms. The zero-order valence-corrected chi connectivity index (χ0v) is 6.83. The maximum absolute atomic E-state index is 4.39. The van der Waals surface area contributed by atoms with E-state index in [2.05, 4.69) is 36.2 Å². The number of hydrogen-bond donors (Lipinski definition) is 0. The van der Waals surface area contributed by atoms with E-state index in [4.69, 9.17) is 0 Å². The largest absolute Gasteiger partial charge is 0.253 e. The van der Waals surface area contributed by atoms with Crippen molar-refractivity contribution in [3.63, 3.8) is 0 Å². The Morgan fingerprint density at radius 3 is 3.09 bits per heavy atom. The van der Waals surface area contributed by atoms with Crippen molar-refractivity contribution in [2.45, 2.75) is 13.8 Å². The van der Waals surface area contributed by atoms with Crippen LogP contribution in [0.25, 0.3) is 0 Å². The average Bonchev–Trinajstić information content (AvgIpc) is 2.27. The first-order valence-electron chi connectivity index (χ1n) is 3.93. The molecule has 0 saturated heterocycles. The van der Waals surface area contributed by atoms with Gasteiger partial charge in [0.25, 0.3) is 0 Å². The van der Waals surface area contributed by atoms with Crippen LogP contribution >= 0.6 is 0 Å². The van der Waals surface area contributed by atoms with Crippen LogP contribution in [0.15, 0.2) is 40.6 Å². The first-order valence-corrected chi connectivity index (χ1v) is 3.93. The lowest BCUT2D eigenvalue weighted by atomic mass is 10.00. The molecule has 0 bridgehead atoms. The van der Waals surface area contributed by atoms with Crippen molar-refractivity contribution in [1.82, 2.24) is 0 Å². The predicted octanol–water partition coefficient (Wildman–Crippen LogP) is 2.48. The second-order valence-corrected chi connectivity index (χ2v) is 3.12. The number of allylic oxidation sites excluding steroid dienone is 4. The lowest BCUT2D eigenvalue weighted by molar-refractivity contribution is 0.912. The van der Waals surface area contributed by atoms with Crippen LogP contribution in [-0.2, 0) is 0 Å². The first kappa shape index (κ1) is 6.59. The molecule has 2 rings (SSSR count). The van der Waals surface area contributed by atoms with Crippen molar-refractivity contribution in [3.8, 4) is 0 Å². The Labute approximate surface area is 66.8 Å². The van der Waals surface area contributed by atoms with E-state index in [1.165, 1.54) is 5.57 Å². The van der Waals surface area contributed by atoms with Gasteiger partial charge in [-0.3, -0.25) is 4.99 Å². The Morgan fingerprint density at radius 1 is 1.45 bits per heavy atom. The van der Waals surface area contributed by atoms with Crippen molar-refractivity contribution in [2.24, 2.45) is 10.9 Å². The number of fused-ring (bicyclic) bond motifs is 1. The molecular weight excluding hydrogens is 134 g/mol. The summed E-state index contributed by atoms with van der Waals surface area (Å²) in [7, 11) is 0. The van der Waals surface area contributed by atoms with Crippen molar-refractivity contribution in [1.29, 1.82) is 0 Å². The lowest BCUT2D eigenvalue weighted by Gasteiger charge is -2.07. The third-order valence-corrected chi connectivity index (χ3v) is 1.96. The van der Waals surface area contributed by atoms with Gasteiger partial charge in [-0.1, -0.05) is 25.2 Å². The molecule has 0 N–H and O–H groups in total. The fourth-order valence-electron chi connectivity index (χ4n) is 1.41. The highest BCUT2D eigenvalue weighted by Crippen LogP contribution is 2.26. The van der Waals surface area contributed by atoms with Gasteiger partial charge in [-0.25, -0.2) is 0 Å². The van der Waals surface area contributed by atoms with Crippen LogP contribution in [0.2, 0.25) is 0 Å². The molecule has 0 aromatic carbocycles. The second-order valence-electron chi connectivity index (χ2n) is 3.12. The third kappa shape index (κ3) is 1.07. The van der Waals surface area contributed by atoms with Crippen LogP contribution in [0.4, 0.5) is 0 Å². The molecule has 0 saturated carbocycles. The van der Waals surface area contributed by atoms with E-state index in [1.807, 2.05) is 6.92 Å². The molecule has 1 aliphatic carbocycles. The van der Waals surface area contributed by atoms with Gasteiger partial charge in [0.15, 0.2) is 0 Å². The van der Waals surface area contributed by atoms with Crippen molar-refractivity contribution < 1.29 is 0 Å². The number of rotatable bonds is 0. The summed E-state index contributed by atoms with van der Waals surface area (Å²) in [4.78, 5) is 4.39. The van der Waals surface area contributed by atoms with E-state index >= 15 is 0 Å². The number of hydrogen-bond acceptors (Lipinski definition) is 1. The highest BCUT2D eigenvalue weighted by Gasteiger charge is 2.12. The summed E-state index contributed by atoms with van der Waals surface area (Å²) in [5.74, 6) is 0.539. The quantitative estimate of drug-likeness (QED) is 0.496. The van der Waals surface area contributed by atoms with Gasteiger partial charge in [-0.15, -0.1) is 0 Å². The summed E-state index contributed by atoms with van der Waals surface area (Å²) >= 11 is 0. The zero-order chi connectivity index (χ0) is 7.84. The molecule has 2 aliphatic rings. The van der Waals surface area contributed by atoms with Gasteiger partial charge >= 0.3 is 0 Å². The smallest absolute Gasteiger partial charge is 0.0671 e. The van der Waals surface area contributed by atoms with Crippen molar-refractivity contribution in [2.75, 3.05) is 0 Å². The first-order chi connectivity index (χ1) is 5.25. The van der Waals surface area contributed by atoms with Crippen molar-refractivity contribution >= 4 is 5.71 Å². The predicted molar refractivity (Wildman–Crippen MR) is 47.6 cm³/mol. The molecule has 0 spiro atoms. The van der Waals surface area contributed by atoms with Crippen LogP contribution in [-0.4, -0.2) is 5.71 Å². The molecule has 0 fully saturated rings. The molecule has 1 nitrogen and oxygen atoms in total. The van der Waals surface area contributed by atoms with Gasteiger partial charge in [-0.2, -0.15) is 0 Å². The average molecular weight is 145 g/mol. The summed E-state index contributed by atoms with van der Waals surface area (Å²) in [5.41, 5.74) is 3.53. The molecular formula is C10H11N. The maximum Gasteiger partial charge on any atom is 0.0671 e. The summed E-state index contributed by atoms with van der Waals surface area (Å²) in [6, 6.07) is 0. The molecule has 56 valence electrons. The molecule has 0 radical (unpaired) electrons. The molecule has 1 unspecified atom stereocenters. The zero-order valence-electron chi connectivity index (χ0n) is 6.83. The summed E-state index contributed by atoms with van der Waals surface area (Å²) in [5, 5.41) is 0. The molecule has 1 atom stereocenters. The standard InChI is InChI=1S/C10H11N/c1-7-3-4-9-6-8(2)11-10(9)5-7/h3-7H,1-2H3. The molecule has 0 aromatic rings. The normalized spacial score (nSPS) is 27.5. The highest BCUT2D eigenvalue weighted by molar-refractivity contribution is 5.98. The molecule has 1 heterocycles. The van der Waals surface area contributed by atoms with Crippen LogP contribution < -0.4 is 0 Å². The maximum atomic E-state index is 4.39. The van der Waals surface area contributed by atoms with Crippen LogP contribution in [0, 0.1) is 5.92 Å². The van der Waals surface area contributed by atoms with Gasteiger partial charge in [0, 0.05) is 11.3 Å². The molecule has 11 heavy (non-hydrogen) atoms. The van der Waals surface area contributed by atoms with E-state index in [-0.39, 0.29) is 0 Å². The Balaban J connectivity index is 2.42. The second kappa shape index (κ2) is 2.19. The van der Waals surface area contributed by atoms with E-state index in [9.17, 15) is 0 Å². The van der Waals surface area contributed by atoms with E-state index in [1.54, 1.807) is 0 Å². The Morgan fingerprint density at radius 2 is 2.27 bits per heavy atom. The lowest BCUT2D eigenvalue weighted by Crippen LogP contribution is -1.92. The minimum absolute atomic E-state index is 0.539. The van der Waals surface area contributed by atoms with E-state index in [0.29, 0.717) is 5.92 Å². The highest BCUT2D eigenvalue weighted by atomic mass is 14.8. The molecule has 0 amide bonds. The Kier molecular flexibility index (Phi) is 1.31. The SMILES string of the molecule is CC1=NC2=CC(C)C=CC2=C1. The van der Waals surface area contributed by atoms with Gasteiger partial charge in [0.05, 0.1) is 5.70 Å². The number of aliphatic imine (C=N–C) groups is 1. The summed E-state index contributed by atoms with van der Waals surface area (Å²) in [6.07, 6.45) is 8.67. The van der Waals surface area contributed by atoms with Gasteiger partial charge in [-0.05, 0) is 18.9 Å². The van der Waals surface area contributed by atoms with Gasteiger partial charge < -0.3 is 0 Å². The fourth-order valence-corrected chi connectivity index (χ4v) is 1.41. The Hall–Kier alpha value is -1.11. The van der Waals surface area contributed by atoms with Crippen LogP contribution in [0.1, 0.15) is 13.8 Å². The van der Waals surface area contributed by atoms with E-state index < -0.39 is 0 Å².